The standard InChI is InChI=1S/C20H38O/c1-19(2,3)15-11-7-9-13-17(15)21-18-14-10-8-12-16(18)20(4,5)6/h15-18H,7-14H2,1-6H3. The molecule has 2 rings (SSSR count). The molecule has 0 N–H and O–H groups in total. The van der Waals surface area contributed by atoms with Crippen molar-refractivity contribution in [3.8, 4) is 0 Å². The fraction of sp³-hybridized carbons (Fsp3) is 1.00. The highest BCUT2D eigenvalue weighted by Gasteiger charge is 2.40. The topological polar surface area (TPSA) is 9.23 Å². The van der Waals surface area contributed by atoms with Gasteiger partial charge in [0.15, 0.2) is 0 Å². The van der Waals surface area contributed by atoms with E-state index in [1.54, 1.807) is 0 Å². The monoisotopic (exact) mass is 294 g/mol. The first-order valence-corrected chi connectivity index (χ1v) is 9.35. The van der Waals surface area contributed by atoms with Crippen LogP contribution in [0.5, 0.6) is 0 Å². The molecule has 0 spiro atoms. The molecule has 2 aliphatic rings. The van der Waals surface area contributed by atoms with Crippen molar-refractivity contribution in [2.24, 2.45) is 22.7 Å². The van der Waals surface area contributed by atoms with Crippen LogP contribution in [0, 0.1) is 22.7 Å². The van der Waals surface area contributed by atoms with Gasteiger partial charge in [-0.1, -0.05) is 67.2 Å². The second-order valence-corrected chi connectivity index (χ2v) is 9.73. The molecular weight excluding hydrogens is 256 g/mol. The molecule has 21 heavy (non-hydrogen) atoms. The molecule has 2 fully saturated rings. The minimum atomic E-state index is 0.386. The molecule has 0 radical (unpaired) electrons. The lowest BCUT2D eigenvalue weighted by Crippen LogP contribution is -2.44. The van der Waals surface area contributed by atoms with Gasteiger partial charge in [-0.25, -0.2) is 0 Å². The van der Waals surface area contributed by atoms with E-state index < -0.39 is 0 Å². The summed E-state index contributed by atoms with van der Waals surface area (Å²) in [6.07, 6.45) is 11.8. The van der Waals surface area contributed by atoms with Crippen LogP contribution >= 0.6 is 0 Å². The van der Waals surface area contributed by atoms with Gasteiger partial charge in [0.25, 0.3) is 0 Å². The minimum absolute atomic E-state index is 0.386. The normalized spacial score (nSPS) is 35.7. The molecule has 0 aliphatic heterocycles. The van der Waals surface area contributed by atoms with Crippen molar-refractivity contribution < 1.29 is 4.74 Å². The summed E-state index contributed by atoms with van der Waals surface area (Å²) in [5, 5.41) is 0. The molecule has 4 unspecified atom stereocenters. The van der Waals surface area contributed by atoms with Crippen LogP contribution in [0.15, 0.2) is 0 Å². The Hall–Kier alpha value is -0.0400. The lowest BCUT2D eigenvalue weighted by molar-refractivity contribution is -0.131. The number of hydrogen-bond acceptors (Lipinski definition) is 1. The van der Waals surface area contributed by atoms with E-state index in [1.165, 1.54) is 51.4 Å². The maximum atomic E-state index is 6.81. The van der Waals surface area contributed by atoms with Crippen LogP contribution in [0.1, 0.15) is 92.9 Å². The van der Waals surface area contributed by atoms with Crippen LogP contribution in [-0.4, -0.2) is 12.2 Å². The Balaban J connectivity index is 2.06. The van der Waals surface area contributed by atoms with E-state index in [0.717, 1.165) is 11.8 Å². The van der Waals surface area contributed by atoms with Crippen LogP contribution in [0.25, 0.3) is 0 Å². The van der Waals surface area contributed by atoms with Gasteiger partial charge in [0.1, 0.15) is 0 Å². The fourth-order valence-corrected chi connectivity index (χ4v) is 4.73. The molecule has 124 valence electrons. The Labute approximate surface area is 133 Å². The van der Waals surface area contributed by atoms with Crippen LogP contribution in [0.2, 0.25) is 0 Å². The van der Waals surface area contributed by atoms with Gasteiger partial charge in [-0.05, 0) is 48.3 Å². The molecule has 1 heteroatoms. The molecule has 0 aromatic rings. The summed E-state index contributed by atoms with van der Waals surface area (Å²) in [6.45, 7) is 14.4. The molecular formula is C20H38O. The minimum Gasteiger partial charge on any atom is -0.374 e. The number of ether oxygens (including phenoxy) is 1. The van der Waals surface area contributed by atoms with Gasteiger partial charge in [0.2, 0.25) is 0 Å². The van der Waals surface area contributed by atoms with Gasteiger partial charge in [0.05, 0.1) is 12.2 Å². The first-order chi connectivity index (χ1) is 9.69. The van der Waals surface area contributed by atoms with E-state index in [2.05, 4.69) is 41.5 Å². The van der Waals surface area contributed by atoms with Crippen molar-refractivity contribution in [3.63, 3.8) is 0 Å². The average Bonchev–Trinajstić information content (AvgIpc) is 2.37. The van der Waals surface area contributed by atoms with E-state index in [9.17, 15) is 0 Å². The van der Waals surface area contributed by atoms with Crippen molar-refractivity contribution in [1.82, 2.24) is 0 Å². The molecule has 0 aromatic heterocycles. The highest BCUT2D eigenvalue weighted by atomic mass is 16.5. The first-order valence-electron chi connectivity index (χ1n) is 9.35. The largest absolute Gasteiger partial charge is 0.374 e. The smallest absolute Gasteiger partial charge is 0.0612 e. The lowest BCUT2D eigenvalue weighted by atomic mass is 9.69. The summed E-state index contributed by atoms with van der Waals surface area (Å²) >= 11 is 0. The van der Waals surface area contributed by atoms with Gasteiger partial charge < -0.3 is 4.74 Å². The molecule has 0 saturated heterocycles. The molecule has 1 nitrogen and oxygen atoms in total. The Kier molecular flexibility index (Phi) is 5.45. The van der Waals surface area contributed by atoms with Crippen molar-refractivity contribution in [2.45, 2.75) is 105 Å². The van der Waals surface area contributed by atoms with Crippen LogP contribution in [0.3, 0.4) is 0 Å². The Morgan fingerprint density at radius 2 is 0.905 bits per heavy atom. The third kappa shape index (κ3) is 4.47. The zero-order valence-electron chi connectivity index (χ0n) is 15.4. The number of hydrogen-bond donors (Lipinski definition) is 0. The maximum Gasteiger partial charge on any atom is 0.0612 e. The Morgan fingerprint density at radius 1 is 0.571 bits per heavy atom. The molecule has 4 atom stereocenters. The van der Waals surface area contributed by atoms with E-state index in [-0.39, 0.29) is 0 Å². The molecule has 2 saturated carbocycles. The summed E-state index contributed by atoms with van der Waals surface area (Å²) in [6, 6.07) is 0. The van der Waals surface area contributed by atoms with E-state index >= 15 is 0 Å². The second kappa shape index (κ2) is 6.60. The van der Waals surface area contributed by atoms with Crippen molar-refractivity contribution >= 4 is 0 Å². The summed E-state index contributed by atoms with van der Waals surface area (Å²) in [5.74, 6) is 1.49. The SMILES string of the molecule is CC(C)(C)C1CCCCC1OC1CCCCC1C(C)(C)C. The van der Waals surface area contributed by atoms with Crippen LogP contribution < -0.4 is 0 Å². The zero-order valence-corrected chi connectivity index (χ0v) is 15.4. The van der Waals surface area contributed by atoms with E-state index in [4.69, 9.17) is 4.74 Å². The predicted molar refractivity (Wildman–Crippen MR) is 91.5 cm³/mol. The van der Waals surface area contributed by atoms with Gasteiger partial charge in [-0.3, -0.25) is 0 Å². The zero-order chi connectivity index (χ0) is 15.7. The highest BCUT2D eigenvalue weighted by Crippen LogP contribution is 2.44. The van der Waals surface area contributed by atoms with Gasteiger partial charge in [0, 0.05) is 0 Å². The van der Waals surface area contributed by atoms with E-state index in [0.29, 0.717) is 23.0 Å². The lowest BCUT2D eigenvalue weighted by Gasteiger charge is -2.46. The van der Waals surface area contributed by atoms with Crippen LogP contribution in [-0.2, 0) is 4.74 Å². The summed E-state index contributed by atoms with van der Waals surface area (Å²) < 4.78 is 6.81. The molecule has 2 aliphatic carbocycles. The van der Waals surface area contributed by atoms with Gasteiger partial charge >= 0.3 is 0 Å². The summed E-state index contributed by atoms with van der Waals surface area (Å²) in [4.78, 5) is 0. The molecule has 0 amide bonds. The fourth-order valence-electron chi connectivity index (χ4n) is 4.73. The number of rotatable bonds is 2. The Morgan fingerprint density at radius 3 is 1.24 bits per heavy atom. The van der Waals surface area contributed by atoms with Gasteiger partial charge in [-0.2, -0.15) is 0 Å². The maximum absolute atomic E-state index is 6.81. The predicted octanol–water partition coefficient (Wildman–Crippen LogP) is 6.21. The van der Waals surface area contributed by atoms with E-state index in [1.807, 2.05) is 0 Å². The molecule has 0 aromatic carbocycles. The highest BCUT2D eigenvalue weighted by molar-refractivity contribution is 4.89. The third-order valence-corrected chi connectivity index (χ3v) is 5.98. The van der Waals surface area contributed by atoms with Gasteiger partial charge in [-0.15, -0.1) is 0 Å². The molecule has 0 heterocycles. The molecule has 0 bridgehead atoms. The third-order valence-electron chi connectivity index (χ3n) is 5.98. The summed E-state index contributed by atoms with van der Waals surface area (Å²) in [5.41, 5.74) is 0.772. The Bertz CT molecular complexity index is 288. The summed E-state index contributed by atoms with van der Waals surface area (Å²) in [7, 11) is 0. The van der Waals surface area contributed by atoms with Crippen molar-refractivity contribution in [3.05, 3.63) is 0 Å². The van der Waals surface area contributed by atoms with Crippen molar-refractivity contribution in [1.29, 1.82) is 0 Å². The first kappa shape index (κ1) is 17.3. The van der Waals surface area contributed by atoms with Crippen LogP contribution in [0.4, 0.5) is 0 Å². The quantitative estimate of drug-likeness (QED) is 0.588. The average molecular weight is 295 g/mol. The second-order valence-electron chi connectivity index (χ2n) is 9.73. The van der Waals surface area contributed by atoms with Crippen molar-refractivity contribution in [2.75, 3.05) is 0 Å².